The Morgan fingerprint density at radius 2 is 2.16 bits per heavy atom. The summed E-state index contributed by atoms with van der Waals surface area (Å²) in [5, 5.41) is 7.81. The predicted octanol–water partition coefficient (Wildman–Crippen LogP) is 3.49. The summed E-state index contributed by atoms with van der Waals surface area (Å²) in [5.41, 5.74) is 3.57. The molecule has 2 aromatic heterocycles. The molecule has 0 fully saturated rings. The second-order valence-electron chi connectivity index (χ2n) is 4.75. The maximum absolute atomic E-state index is 4.72. The van der Waals surface area contributed by atoms with Gasteiger partial charge in [0.15, 0.2) is 0 Å². The summed E-state index contributed by atoms with van der Waals surface area (Å²) in [4.78, 5) is 4.72. The van der Waals surface area contributed by atoms with E-state index in [2.05, 4.69) is 58.9 Å². The number of thiophene rings is 1. The normalized spacial score (nSPS) is 12.9. The summed E-state index contributed by atoms with van der Waals surface area (Å²) in [6, 6.07) is 10.6. The van der Waals surface area contributed by atoms with Gasteiger partial charge < -0.3 is 9.88 Å². The number of nitrogens with zero attached hydrogens (tertiary/aromatic N) is 2. The van der Waals surface area contributed by atoms with Gasteiger partial charge in [0.25, 0.3) is 0 Å². The number of hydrogen-bond donors (Lipinski definition) is 1. The maximum atomic E-state index is 4.72. The zero-order valence-electron chi connectivity index (χ0n) is 11.1. The highest BCUT2D eigenvalue weighted by molar-refractivity contribution is 7.07. The summed E-state index contributed by atoms with van der Waals surface area (Å²) < 4.78 is 2.17. The Morgan fingerprint density at radius 3 is 2.89 bits per heavy atom. The molecule has 1 unspecified atom stereocenters. The molecule has 1 N–H and O–H groups in total. The molecule has 1 atom stereocenters. The molecule has 0 aliphatic carbocycles. The third kappa shape index (κ3) is 2.41. The number of fused-ring (bicyclic) bond motifs is 1. The van der Waals surface area contributed by atoms with Gasteiger partial charge in [-0.3, -0.25) is 0 Å². The van der Waals surface area contributed by atoms with E-state index < -0.39 is 0 Å². The van der Waals surface area contributed by atoms with Crippen molar-refractivity contribution >= 4 is 22.4 Å². The zero-order valence-corrected chi connectivity index (χ0v) is 11.9. The Balaban J connectivity index is 1.81. The molecule has 1 aromatic carbocycles. The Hall–Kier alpha value is -1.65. The molecule has 4 heteroatoms. The van der Waals surface area contributed by atoms with E-state index in [4.69, 9.17) is 4.98 Å². The molecule has 3 rings (SSSR count). The Morgan fingerprint density at radius 1 is 1.32 bits per heavy atom. The van der Waals surface area contributed by atoms with Crippen LogP contribution in [0.25, 0.3) is 11.0 Å². The lowest BCUT2D eigenvalue weighted by Gasteiger charge is -2.13. The predicted molar refractivity (Wildman–Crippen MR) is 80.3 cm³/mol. The molecular formula is C15H17N3S. The van der Waals surface area contributed by atoms with E-state index in [9.17, 15) is 0 Å². The van der Waals surface area contributed by atoms with Crippen LogP contribution >= 0.6 is 11.3 Å². The van der Waals surface area contributed by atoms with Gasteiger partial charge in [0.05, 0.1) is 17.1 Å². The van der Waals surface area contributed by atoms with E-state index in [0.717, 1.165) is 17.9 Å². The number of nitrogens with one attached hydrogen (secondary N) is 1. The van der Waals surface area contributed by atoms with Crippen molar-refractivity contribution in [1.29, 1.82) is 0 Å². The molecule has 98 valence electrons. The summed E-state index contributed by atoms with van der Waals surface area (Å²) in [6.45, 7) is 3.04. The molecule has 0 radical (unpaired) electrons. The van der Waals surface area contributed by atoms with E-state index >= 15 is 0 Å². The van der Waals surface area contributed by atoms with Crippen molar-refractivity contribution in [3.63, 3.8) is 0 Å². The van der Waals surface area contributed by atoms with Crippen molar-refractivity contribution in [2.75, 3.05) is 0 Å². The molecule has 0 aliphatic heterocycles. The molecule has 0 spiro atoms. The third-order valence-corrected chi connectivity index (χ3v) is 4.13. The van der Waals surface area contributed by atoms with E-state index in [1.165, 1.54) is 11.1 Å². The summed E-state index contributed by atoms with van der Waals surface area (Å²) >= 11 is 1.73. The highest BCUT2D eigenvalue weighted by Gasteiger charge is 2.13. The summed E-state index contributed by atoms with van der Waals surface area (Å²) in [6.07, 6.45) is 0. The van der Waals surface area contributed by atoms with Crippen LogP contribution in [0.4, 0.5) is 0 Å². The second-order valence-corrected chi connectivity index (χ2v) is 5.53. The van der Waals surface area contributed by atoms with Crippen LogP contribution < -0.4 is 5.32 Å². The van der Waals surface area contributed by atoms with Crippen LogP contribution in [-0.4, -0.2) is 9.55 Å². The molecule has 19 heavy (non-hydrogen) atoms. The Bertz CT molecular complexity index is 670. The first kappa shape index (κ1) is 12.4. The third-order valence-electron chi connectivity index (χ3n) is 3.40. The smallest absolute Gasteiger partial charge is 0.126 e. The first-order valence-corrected chi connectivity index (χ1v) is 7.36. The fourth-order valence-corrected chi connectivity index (χ4v) is 2.98. The monoisotopic (exact) mass is 271 g/mol. The molecule has 3 nitrogen and oxygen atoms in total. The number of rotatable bonds is 4. The minimum Gasteiger partial charge on any atom is -0.330 e. The van der Waals surface area contributed by atoms with Crippen LogP contribution in [0, 0.1) is 0 Å². The van der Waals surface area contributed by atoms with E-state index in [-0.39, 0.29) is 6.04 Å². The van der Waals surface area contributed by atoms with Gasteiger partial charge in [-0.25, -0.2) is 4.98 Å². The van der Waals surface area contributed by atoms with Crippen LogP contribution in [0.1, 0.15) is 24.4 Å². The van der Waals surface area contributed by atoms with Gasteiger partial charge in [0.2, 0.25) is 0 Å². The summed E-state index contributed by atoms with van der Waals surface area (Å²) in [5.74, 6) is 1.08. The SMILES string of the molecule is CC(NCc1ccsc1)c1nc2ccccc2n1C. The van der Waals surface area contributed by atoms with Crippen LogP contribution in [-0.2, 0) is 13.6 Å². The quantitative estimate of drug-likeness (QED) is 0.787. The number of benzene rings is 1. The molecule has 0 saturated carbocycles. The highest BCUT2D eigenvalue weighted by Crippen LogP contribution is 2.19. The lowest BCUT2D eigenvalue weighted by Crippen LogP contribution is -2.20. The van der Waals surface area contributed by atoms with Gasteiger partial charge in [0, 0.05) is 13.6 Å². The van der Waals surface area contributed by atoms with Crippen molar-refractivity contribution in [1.82, 2.24) is 14.9 Å². The van der Waals surface area contributed by atoms with Gasteiger partial charge in [-0.15, -0.1) is 0 Å². The lowest BCUT2D eigenvalue weighted by atomic mass is 10.2. The molecule has 3 aromatic rings. The number of aryl methyl sites for hydroxylation is 1. The summed E-state index contributed by atoms with van der Waals surface area (Å²) in [7, 11) is 2.08. The van der Waals surface area contributed by atoms with Crippen molar-refractivity contribution in [2.45, 2.75) is 19.5 Å². The largest absolute Gasteiger partial charge is 0.330 e. The first-order valence-electron chi connectivity index (χ1n) is 6.41. The van der Waals surface area contributed by atoms with Crippen molar-refractivity contribution in [3.8, 4) is 0 Å². The average Bonchev–Trinajstić information content (AvgIpc) is 3.05. The fraction of sp³-hybridized carbons (Fsp3) is 0.267. The molecular weight excluding hydrogens is 254 g/mol. The molecule has 0 saturated heterocycles. The topological polar surface area (TPSA) is 29.9 Å². The average molecular weight is 271 g/mol. The molecule has 2 heterocycles. The maximum Gasteiger partial charge on any atom is 0.126 e. The number of hydrogen-bond acceptors (Lipinski definition) is 3. The van der Waals surface area contributed by atoms with E-state index in [1.807, 2.05) is 6.07 Å². The van der Waals surface area contributed by atoms with Crippen LogP contribution in [0.15, 0.2) is 41.1 Å². The van der Waals surface area contributed by atoms with Crippen molar-refractivity contribution in [3.05, 3.63) is 52.5 Å². The van der Waals surface area contributed by atoms with Gasteiger partial charge in [-0.2, -0.15) is 11.3 Å². The van der Waals surface area contributed by atoms with Crippen molar-refractivity contribution < 1.29 is 0 Å². The van der Waals surface area contributed by atoms with Crippen LogP contribution in [0.5, 0.6) is 0 Å². The first-order chi connectivity index (χ1) is 9.25. The van der Waals surface area contributed by atoms with Gasteiger partial charge in [-0.05, 0) is 41.4 Å². The Labute approximate surface area is 116 Å². The second kappa shape index (κ2) is 5.15. The van der Waals surface area contributed by atoms with Crippen LogP contribution in [0.2, 0.25) is 0 Å². The minimum absolute atomic E-state index is 0.234. The van der Waals surface area contributed by atoms with E-state index in [0.29, 0.717) is 0 Å². The molecule has 0 bridgehead atoms. The van der Waals surface area contributed by atoms with Crippen LogP contribution in [0.3, 0.4) is 0 Å². The number of para-hydroxylation sites is 2. The highest BCUT2D eigenvalue weighted by atomic mass is 32.1. The Kier molecular flexibility index (Phi) is 3.36. The number of imidazole rings is 1. The van der Waals surface area contributed by atoms with E-state index in [1.54, 1.807) is 11.3 Å². The lowest BCUT2D eigenvalue weighted by molar-refractivity contribution is 0.533. The van der Waals surface area contributed by atoms with Gasteiger partial charge in [0.1, 0.15) is 5.82 Å². The standard InChI is InChI=1S/C15H17N3S/c1-11(16-9-12-7-8-19-10-12)15-17-13-5-3-4-6-14(13)18(15)2/h3-8,10-11,16H,9H2,1-2H3. The van der Waals surface area contributed by atoms with Gasteiger partial charge in [-0.1, -0.05) is 12.1 Å². The van der Waals surface area contributed by atoms with Crippen molar-refractivity contribution in [2.24, 2.45) is 7.05 Å². The van der Waals surface area contributed by atoms with Gasteiger partial charge >= 0.3 is 0 Å². The fourth-order valence-electron chi connectivity index (χ4n) is 2.31. The molecule has 0 aliphatic rings. The zero-order chi connectivity index (χ0) is 13.2. The number of aromatic nitrogens is 2. The minimum atomic E-state index is 0.234. The molecule has 0 amide bonds.